The standard InChI is InChI=1S/C19H29N3O/c1-14(17-10-20-11-17)18(23)21-13-19(2,3)22-9-8-15-6-4-5-7-16(15)12-22/h4-7,14,17,20H,8-13H2,1-3H3,(H,21,23). The third-order valence-corrected chi connectivity index (χ3v) is 5.62. The van der Waals surface area contributed by atoms with E-state index < -0.39 is 0 Å². The van der Waals surface area contributed by atoms with Crippen molar-refractivity contribution in [2.75, 3.05) is 26.2 Å². The van der Waals surface area contributed by atoms with Gasteiger partial charge in [-0.15, -0.1) is 0 Å². The molecular formula is C19H29N3O. The van der Waals surface area contributed by atoms with Crippen LogP contribution in [0.5, 0.6) is 0 Å². The molecule has 1 fully saturated rings. The van der Waals surface area contributed by atoms with Crippen LogP contribution in [0, 0.1) is 11.8 Å². The van der Waals surface area contributed by atoms with Crippen LogP contribution in [-0.2, 0) is 17.8 Å². The predicted molar refractivity (Wildman–Crippen MR) is 93.2 cm³/mol. The van der Waals surface area contributed by atoms with Gasteiger partial charge in [0.05, 0.1) is 0 Å². The Labute approximate surface area is 139 Å². The van der Waals surface area contributed by atoms with Crippen molar-refractivity contribution in [3.8, 4) is 0 Å². The Morgan fingerprint density at radius 3 is 2.70 bits per heavy atom. The van der Waals surface area contributed by atoms with E-state index in [0.717, 1.165) is 32.6 Å². The summed E-state index contributed by atoms with van der Waals surface area (Å²) in [6.07, 6.45) is 1.09. The minimum atomic E-state index is -0.0270. The smallest absolute Gasteiger partial charge is 0.223 e. The second kappa shape index (κ2) is 6.62. The van der Waals surface area contributed by atoms with Gasteiger partial charge in [0.15, 0.2) is 0 Å². The van der Waals surface area contributed by atoms with Crippen molar-refractivity contribution in [2.24, 2.45) is 11.8 Å². The lowest BCUT2D eigenvalue weighted by Gasteiger charge is -2.42. The molecule has 23 heavy (non-hydrogen) atoms. The van der Waals surface area contributed by atoms with Crippen molar-refractivity contribution >= 4 is 5.91 Å². The second-order valence-corrected chi connectivity index (χ2v) is 7.68. The van der Waals surface area contributed by atoms with Gasteiger partial charge in [-0.3, -0.25) is 9.69 Å². The van der Waals surface area contributed by atoms with Crippen molar-refractivity contribution in [1.82, 2.24) is 15.5 Å². The summed E-state index contributed by atoms with van der Waals surface area (Å²) < 4.78 is 0. The van der Waals surface area contributed by atoms with E-state index in [4.69, 9.17) is 0 Å². The van der Waals surface area contributed by atoms with Gasteiger partial charge in [0, 0.05) is 31.1 Å². The topological polar surface area (TPSA) is 44.4 Å². The Bertz CT molecular complexity index is 565. The van der Waals surface area contributed by atoms with Crippen LogP contribution in [0.25, 0.3) is 0 Å². The molecule has 126 valence electrons. The number of benzene rings is 1. The first-order chi connectivity index (χ1) is 11.0. The molecule has 2 aliphatic rings. The minimum Gasteiger partial charge on any atom is -0.354 e. The van der Waals surface area contributed by atoms with E-state index in [-0.39, 0.29) is 17.4 Å². The summed E-state index contributed by atoms with van der Waals surface area (Å²) in [4.78, 5) is 14.8. The third-order valence-electron chi connectivity index (χ3n) is 5.62. The molecule has 2 N–H and O–H groups in total. The highest BCUT2D eigenvalue weighted by Gasteiger charge is 2.32. The molecule has 4 heteroatoms. The van der Waals surface area contributed by atoms with Crippen LogP contribution in [0.2, 0.25) is 0 Å². The van der Waals surface area contributed by atoms with Crippen LogP contribution >= 0.6 is 0 Å². The molecule has 2 heterocycles. The van der Waals surface area contributed by atoms with E-state index in [0.29, 0.717) is 12.5 Å². The molecule has 0 bridgehead atoms. The van der Waals surface area contributed by atoms with Gasteiger partial charge in [-0.25, -0.2) is 0 Å². The monoisotopic (exact) mass is 315 g/mol. The highest BCUT2D eigenvalue weighted by atomic mass is 16.1. The van der Waals surface area contributed by atoms with Crippen LogP contribution in [-0.4, -0.2) is 42.5 Å². The summed E-state index contributed by atoms with van der Waals surface area (Å²) in [5.41, 5.74) is 2.86. The molecular weight excluding hydrogens is 286 g/mol. The van der Waals surface area contributed by atoms with Crippen LogP contribution in [0.3, 0.4) is 0 Å². The molecule has 1 aromatic rings. The van der Waals surface area contributed by atoms with Gasteiger partial charge >= 0.3 is 0 Å². The van der Waals surface area contributed by atoms with Gasteiger partial charge in [-0.05, 0) is 50.4 Å². The molecule has 1 aromatic carbocycles. The van der Waals surface area contributed by atoms with Crippen molar-refractivity contribution in [3.63, 3.8) is 0 Å². The predicted octanol–water partition coefficient (Wildman–Crippen LogP) is 1.79. The molecule has 1 amide bonds. The normalized spacial score (nSPS) is 20.5. The van der Waals surface area contributed by atoms with Crippen molar-refractivity contribution in [3.05, 3.63) is 35.4 Å². The Morgan fingerprint density at radius 2 is 2.04 bits per heavy atom. The number of carbonyl (C=O) groups excluding carboxylic acids is 1. The first kappa shape index (κ1) is 16.5. The average Bonchev–Trinajstić information content (AvgIpc) is 2.50. The summed E-state index contributed by atoms with van der Waals surface area (Å²) in [6, 6.07) is 8.69. The van der Waals surface area contributed by atoms with Crippen LogP contribution in [0.4, 0.5) is 0 Å². The summed E-state index contributed by atoms with van der Waals surface area (Å²) in [5, 5.41) is 6.43. The Kier molecular flexibility index (Phi) is 4.74. The fourth-order valence-corrected chi connectivity index (χ4v) is 3.47. The number of nitrogens with zero attached hydrogens (tertiary/aromatic N) is 1. The lowest BCUT2D eigenvalue weighted by atomic mass is 9.88. The minimum absolute atomic E-state index is 0.0270. The van der Waals surface area contributed by atoms with Gasteiger partial charge in [-0.2, -0.15) is 0 Å². The maximum atomic E-state index is 12.3. The summed E-state index contributed by atoms with van der Waals surface area (Å²) >= 11 is 0. The number of rotatable bonds is 5. The number of amides is 1. The van der Waals surface area contributed by atoms with Gasteiger partial charge < -0.3 is 10.6 Å². The average molecular weight is 315 g/mol. The Morgan fingerprint density at radius 1 is 1.35 bits per heavy atom. The zero-order chi connectivity index (χ0) is 16.4. The zero-order valence-corrected chi connectivity index (χ0v) is 14.6. The first-order valence-corrected chi connectivity index (χ1v) is 8.77. The van der Waals surface area contributed by atoms with E-state index in [9.17, 15) is 4.79 Å². The van der Waals surface area contributed by atoms with Gasteiger partial charge in [0.25, 0.3) is 0 Å². The van der Waals surface area contributed by atoms with Crippen molar-refractivity contribution < 1.29 is 4.79 Å². The summed E-state index contributed by atoms with van der Waals surface area (Å²) in [7, 11) is 0. The van der Waals surface area contributed by atoms with Gasteiger partial charge in [0.2, 0.25) is 5.91 Å². The molecule has 2 aliphatic heterocycles. The first-order valence-electron chi connectivity index (χ1n) is 8.77. The summed E-state index contributed by atoms with van der Waals surface area (Å²) in [6.45, 7) is 11.2. The molecule has 0 aliphatic carbocycles. The van der Waals surface area contributed by atoms with Crippen LogP contribution in [0.1, 0.15) is 31.9 Å². The fraction of sp³-hybridized carbons (Fsp3) is 0.632. The second-order valence-electron chi connectivity index (χ2n) is 7.68. The number of carbonyl (C=O) groups is 1. The van der Waals surface area contributed by atoms with E-state index in [2.05, 4.69) is 53.6 Å². The largest absolute Gasteiger partial charge is 0.354 e. The lowest BCUT2D eigenvalue weighted by Crippen LogP contribution is -2.55. The quantitative estimate of drug-likeness (QED) is 0.871. The molecule has 1 atom stereocenters. The molecule has 4 nitrogen and oxygen atoms in total. The molecule has 1 saturated heterocycles. The number of hydrogen-bond donors (Lipinski definition) is 2. The molecule has 0 radical (unpaired) electrons. The molecule has 0 spiro atoms. The van der Waals surface area contributed by atoms with Crippen molar-refractivity contribution in [2.45, 2.75) is 39.3 Å². The van der Waals surface area contributed by atoms with E-state index in [1.165, 1.54) is 11.1 Å². The van der Waals surface area contributed by atoms with E-state index >= 15 is 0 Å². The summed E-state index contributed by atoms with van der Waals surface area (Å²) in [5.74, 6) is 0.802. The number of fused-ring (bicyclic) bond motifs is 1. The molecule has 0 saturated carbocycles. The molecule has 3 rings (SSSR count). The fourth-order valence-electron chi connectivity index (χ4n) is 3.47. The van der Waals surface area contributed by atoms with E-state index in [1.807, 2.05) is 6.92 Å². The van der Waals surface area contributed by atoms with Gasteiger partial charge in [-0.1, -0.05) is 31.2 Å². The van der Waals surface area contributed by atoms with Crippen molar-refractivity contribution in [1.29, 1.82) is 0 Å². The number of hydrogen-bond acceptors (Lipinski definition) is 3. The van der Waals surface area contributed by atoms with Gasteiger partial charge in [0.1, 0.15) is 0 Å². The van der Waals surface area contributed by atoms with Crippen LogP contribution < -0.4 is 10.6 Å². The lowest BCUT2D eigenvalue weighted by molar-refractivity contribution is -0.127. The van der Waals surface area contributed by atoms with E-state index in [1.54, 1.807) is 0 Å². The third kappa shape index (κ3) is 3.59. The maximum absolute atomic E-state index is 12.3. The Balaban J connectivity index is 1.55. The van der Waals surface area contributed by atoms with Crippen LogP contribution in [0.15, 0.2) is 24.3 Å². The maximum Gasteiger partial charge on any atom is 0.223 e. The number of nitrogens with one attached hydrogen (secondary N) is 2. The molecule has 1 unspecified atom stereocenters. The zero-order valence-electron chi connectivity index (χ0n) is 14.6. The SMILES string of the molecule is CC(C(=O)NCC(C)(C)N1CCc2ccccc2C1)C1CNC1. The Hall–Kier alpha value is -1.39. The highest BCUT2D eigenvalue weighted by Crippen LogP contribution is 2.25. The highest BCUT2D eigenvalue weighted by molar-refractivity contribution is 5.78. The molecule has 0 aromatic heterocycles.